The van der Waals surface area contributed by atoms with Gasteiger partial charge in [0.1, 0.15) is 5.82 Å². The van der Waals surface area contributed by atoms with Gasteiger partial charge in [-0.1, -0.05) is 6.07 Å². The fraction of sp³-hybridized carbons (Fsp3) is 0.133. The molecule has 0 atom stereocenters. The first-order valence-electron chi connectivity index (χ1n) is 6.39. The van der Waals surface area contributed by atoms with E-state index in [9.17, 15) is 19.3 Å². The Kier molecular flexibility index (Phi) is 5.11. The number of amides is 1. The van der Waals surface area contributed by atoms with Gasteiger partial charge < -0.3 is 5.32 Å². The minimum atomic E-state index is -0.488. The third-order valence-electron chi connectivity index (χ3n) is 2.96. The number of hydrogen-bond acceptors (Lipinski definition) is 4. The summed E-state index contributed by atoms with van der Waals surface area (Å²) in [5, 5.41) is 13.5. The van der Waals surface area contributed by atoms with Crippen LogP contribution in [0, 0.1) is 22.9 Å². The van der Waals surface area contributed by atoms with E-state index in [1.54, 1.807) is 25.1 Å². The van der Waals surface area contributed by atoms with Gasteiger partial charge in [-0.05, 0) is 37.3 Å². The van der Waals surface area contributed by atoms with Crippen molar-refractivity contribution < 1.29 is 14.1 Å². The minimum absolute atomic E-state index is 0.0380. The molecule has 2 aromatic rings. The van der Waals surface area contributed by atoms with Gasteiger partial charge in [-0.2, -0.15) is 0 Å². The zero-order valence-corrected chi connectivity index (χ0v) is 12.5. The lowest BCUT2D eigenvalue weighted by molar-refractivity contribution is -0.385. The SMILES string of the molecule is Cc1c(NC(=O)CSc2ccc(F)cc2)cccc1[N+](=O)[O-]. The molecule has 0 fully saturated rings. The van der Waals surface area contributed by atoms with Crippen molar-refractivity contribution in [2.24, 2.45) is 0 Å². The van der Waals surface area contributed by atoms with Crippen LogP contribution in [0.25, 0.3) is 0 Å². The number of nitrogens with one attached hydrogen (secondary N) is 1. The van der Waals surface area contributed by atoms with Crippen LogP contribution in [0.5, 0.6) is 0 Å². The summed E-state index contributed by atoms with van der Waals surface area (Å²) in [4.78, 5) is 23.0. The quantitative estimate of drug-likeness (QED) is 0.517. The summed E-state index contributed by atoms with van der Waals surface area (Å²) in [7, 11) is 0. The maximum atomic E-state index is 12.8. The Morgan fingerprint density at radius 2 is 1.95 bits per heavy atom. The van der Waals surface area contributed by atoms with Crippen molar-refractivity contribution in [1.29, 1.82) is 0 Å². The summed E-state index contributed by atoms with van der Waals surface area (Å²) < 4.78 is 12.8. The predicted molar refractivity (Wildman–Crippen MR) is 83.6 cm³/mol. The molecule has 0 aliphatic heterocycles. The molecule has 0 aromatic heterocycles. The van der Waals surface area contributed by atoms with Gasteiger partial charge in [-0.15, -0.1) is 11.8 Å². The van der Waals surface area contributed by atoms with E-state index in [0.29, 0.717) is 11.3 Å². The number of benzene rings is 2. The predicted octanol–water partition coefficient (Wildman–Crippen LogP) is 3.77. The maximum Gasteiger partial charge on any atom is 0.274 e. The fourth-order valence-electron chi connectivity index (χ4n) is 1.82. The molecule has 7 heteroatoms. The van der Waals surface area contributed by atoms with E-state index in [1.165, 1.54) is 36.0 Å². The number of carbonyl (C=O) groups is 1. The molecule has 1 N–H and O–H groups in total. The zero-order chi connectivity index (χ0) is 16.1. The van der Waals surface area contributed by atoms with Gasteiger partial charge >= 0.3 is 0 Å². The van der Waals surface area contributed by atoms with E-state index in [4.69, 9.17) is 0 Å². The fourth-order valence-corrected chi connectivity index (χ4v) is 2.52. The van der Waals surface area contributed by atoms with Crippen LogP contribution < -0.4 is 5.32 Å². The number of carbonyl (C=O) groups excluding carboxylic acids is 1. The van der Waals surface area contributed by atoms with E-state index >= 15 is 0 Å². The van der Waals surface area contributed by atoms with Crippen molar-refractivity contribution in [2.45, 2.75) is 11.8 Å². The number of thioether (sulfide) groups is 1. The highest BCUT2D eigenvalue weighted by molar-refractivity contribution is 8.00. The summed E-state index contributed by atoms with van der Waals surface area (Å²) in [5.41, 5.74) is 0.788. The van der Waals surface area contributed by atoms with Gasteiger partial charge in [-0.3, -0.25) is 14.9 Å². The summed E-state index contributed by atoms with van der Waals surface area (Å²) >= 11 is 1.26. The monoisotopic (exact) mass is 320 g/mol. The van der Waals surface area contributed by atoms with Crippen LogP contribution in [-0.2, 0) is 4.79 Å². The van der Waals surface area contributed by atoms with E-state index < -0.39 is 4.92 Å². The Labute approximate surface area is 130 Å². The van der Waals surface area contributed by atoms with E-state index in [-0.39, 0.29) is 23.2 Å². The standard InChI is InChI=1S/C15H13FN2O3S/c1-10-13(3-2-4-14(10)18(20)21)17-15(19)9-22-12-7-5-11(16)6-8-12/h2-8H,9H2,1H3,(H,17,19). The molecule has 0 aliphatic carbocycles. The molecule has 0 bridgehead atoms. The minimum Gasteiger partial charge on any atom is -0.325 e. The second-order valence-electron chi connectivity index (χ2n) is 4.50. The number of halogens is 1. The second-order valence-corrected chi connectivity index (χ2v) is 5.55. The second kappa shape index (κ2) is 7.04. The largest absolute Gasteiger partial charge is 0.325 e. The molecule has 2 aromatic carbocycles. The van der Waals surface area contributed by atoms with E-state index in [2.05, 4.69) is 5.32 Å². The maximum absolute atomic E-state index is 12.8. The van der Waals surface area contributed by atoms with Gasteiger partial charge in [0.2, 0.25) is 5.91 Å². The number of nitro benzene ring substituents is 1. The van der Waals surface area contributed by atoms with Crippen molar-refractivity contribution in [2.75, 3.05) is 11.1 Å². The third kappa shape index (κ3) is 4.05. The first-order valence-corrected chi connectivity index (χ1v) is 7.38. The van der Waals surface area contributed by atoms with Crippen molar-refractivity contribution in [3.8, 4) is 0 Å². The highest BCUT2D eigenvalue weighted by Crippen LogP contribution is 2.25. The molecule has 0 aliphatic rings. The van der Waals surface area contributed by atoms with Crippen molar-refractivity contribution in [3.63, 3.8) is 0 Å². The Balaban J connectivity index is 1.99. The van der Waals surface area contributed by atoms with Gasteiger partial charge in [0.05, 0.1) is 21.9 Å². The average Bonchev–Trinajstić information content (AvgIpc) is 2.48. The van der Waals surface area contributed by atoms with Crippen LogP contribution in [-0.4, -0.2) is 16.6 Å². The number of anilines is 1. The summed E-state index contributed by atoms with van der Waals surface area (Å²) in [6.07, 6.45) is 0. The molecule has 0 spiro atoms. The molecule has 22 heavy (non-hydrogen) atoms. The molecule has 5 nitrogen and oxygen atoms in total. The van der Waals surface area contributed by atoms with Gasteiger partial charge in [-0.25, -0.2) is 4.39 Å². The average molecular weight is 320 g/mol. The first kappa shape index (κ1) is 16.0. The van der Waals surface area contributed by atoms with Crippen LogP contribution in [0.3, 0.4) is 0 Å². The third-order valence-corrected chi connectivity index (χ3v) is 3.97. The molecule has 0 saturated carbocycles. The highest BCUT2D eigenvalue weighted by Gasteiger charge is 2.14. The summed E-state index contributed by atoms with van der Waals surface area (Å²) in [6.45, 7) is 1.58. The van der Waals surface area contributed by atoms with E-state index in [0.717, 1.165) is 4.90 Å². The smallest absolute Gasteiger partial charge is 0.274 e. The Bertz CT molecular complexity index is 704. The normalized spacial score (nSPS) is 10.3. The molecule has 0 saturated heterocycles. The lowest BCUT2D eigenvalue weighted by Gasteiger charge is -2.08. The zero-order valence-electron chi connectivity index (χ0n) is 11.7. The molecule has 0 heterocycles. The van der Waals surface area contributed by atoms with Gasteiger partial charge in [0.25, 0.3) is 5.69 Å². The van der Waals surface area contributed by atoms with Crippen molar-refractivity contribution >= 4 is 29.0 Å². The van der Waals surface area contributed by atoms with Crippen LogP contribution in [0.1, 0.15) is 5.56 Å². The number of nitro groups is 1. The lowest BCUT2D eigenvalue weighted by atomic mass is 10.1. The van der Waals surface area contributed by atoms with Crippen molar-refractivity contribution in [1.82, 2.24) is 0 Å². The lowest BCUT2D eigenvalue weighted by Crippen LogP contribution is -2.15. The molecular weight excluding hydrogens is 307 g/mol. The first-order chi connectivity index (χ1) is 10.5. The topological polar surface area (TPSA) is 72.2 Å². The molecule has 0 unspecified atom stereocenters. The Morgan fingerprint density at radius 3 is 2.59 bits per heavy atom. The van der Waals surface area contributed by atoms with Crippen LogP contribution in [0.4, 0.5) is 15.8 Å². The number of nitrogens with zero attached hydrogens (tertiary/aromatic N) is 1. The van der Waals surface area contributed by atoms with Crippen LogP contribution in [0.2, 0.25) is 0 Å². The number of rotatable bonds is 5. The summed E-state index contributed by atoms with van der Waals surface area (Å²) in [6, 6.07) is 10.3. The molecule has 0 radical (unpaired) electrons. The molecule has 2 rings (SSSR count). The molecular formula is C15H13FN2O3S. The highest BCUT2D eigenvalue weighted by atomic mass is 32.2. The Hall–Kier alpha value is -2.41. The van der Waals surface area contributed by atoms with Gasteiger partial charge in [0.15, 0.2) is 0 Å². The van der Waals surface area contributed by atoms with Crippen LogP contribution in [0.15, 0.2) is 47.4 Å². The van der Waals surface area contributed by atoms with Crippen molar-refractivity contribution in [3.05, 3.63) is 64.0 Å². The van der Waals surface area contributed by atoms with Crippen LogP contribution >= 0.6 is 11.8 Å². The molecule has 1 amide bonds. The Morgan fingerprint density at radius 1 is 1.27 bits per heavy atom. The summed E-state index contributed by atoms with van der Waals surface area (Å²) in [5.74, 6) is -0.479. The number of hydrogen-bond donors (Lipinski definition) is 1. The molecule has 114 valence electrons. The van der Waals surface area contributed by atoms with Gasteiger partial charge in [0, 0.05) is 11.0 Å². The van der Waals surface area contributed by atoms with E-state index in [1.807, 2.05) is 0 Å².